The predicted octanol–water partition coefficient (Wildman–Crippen LogP) is 4.02. The molecule has 2 rings (SSSR count). The van der Waals surface area contributed by atoms with Crippen molar-refractivity contribution in [3.8, 4) is 0 Å². The lowest BCUT2D eigenvalue weighted by Crippen LogP contribution is -2.32. The van der Waals surface area contributed by atoms with Crippen LogP contribution in [0.25, 0.3) is 0 Å². The second-order valence-electron chi connectivity index (χ2n) is 4.54. The van der Waals surface area contributed by atoms with Crippen LogP contribution in [-0.4, -0.2) is 5.79 Å². The number of benzene rings is 1. The predicted molar refractivity (Wildman–Crippen MR) is 68.3 cm³/mol. The third-order valence-electron chi connectivity index (χ3n) is 3.10. The molecule has 1 aromatic carbocycles. The third kappa shape index (κ3) is 3.26. The van der Waals surface area contributed by atoms with E-state index in [2.05, 4.69) is 31.2 Å². The molecule has 0 spiro atoms. The maximum Gasteiger partial charge on any atom is 0.253 e. The molecule has 1 heterocycles. The molecule has 2 nitrogen and oxygen atoms in total. The first-order valence-corrected chi connectivity index (χ1v) is 6.39. The molecular weight excluding hydrogens is 212 g/mol. The van der Waals surface area contributed by atoms with Gasteiger partial charge >= 0.3 is 0 Å². The molecule has 1 aliphatic rings. The van der Waals surface area contributed by atoms with Crippen LogP contribution in [0.1, 0.15) is 38.2 Å². The van der Waals surface area contributed by atoms with Crippen LogP contribution >= 0.6 is 0 Å². The van der Waals surface area contributed by atoms with Crippen LogP contribution in [-0.2, 0) is 15.9 Å². The lowest BCUT2D eigenvalue weighted by atomic mass is 9.99. The minimum Gasteiger partial charge on any atom is -0.456 e. The van der Waals surface area contributed by atoms with Crippen LogP contribution in [0.3, 0.4) is 0 Å². The van der Waals surface area contributed by atoms with Gasteiger partial charge in [0.25, 0.3) is 5.79 Å². The monoisotopic (exact) mass is 232 g/mol. The van der Waals surface area contributed by atoms with Crippen molar-refractivity contribution in [2.45, 2.75) is 44.8 Å². The fraction of sp³-hybridized carbons (Fsp3) is 0.467. The summed E-state index contributed by atoms with van der Waals surface area (Å²) in [6, 6.07) is 10.4. The van der Waals surface area contributed by atoms with E-state index in [9.17, 15) is 0 Å². The van der Waals surface area contributed by atoms with Gasteiger partial charge < -0.3 is 9.47 Å². The Morgan fingerprint density at radius 3 is 2.35 bits per heavy atom. The molecule has 0 bridgehead atoms. The van der Waals surface area contributed by atoms with Gasteiger partial charge in [-0.3, -0.25) is 0 Å². The smallest absolute Gasteiger partial charge is 0.253 e. The van der Waals surface area contributed by atoms with Gasteiger partial charge in [-0.15, -0.1) is 0 Å². The molecule has 0 saturated carbocycles. The van der Waals surface area contributed by atoms with E-state index in [1.165, 1.54) is 18.4 Å². The van der Waals surface area contributed by atoms with E-state index < -0.39 is 5.79 Å². The highest BCUT2D eigenvalue weighted by molar-refractivity contribution is 5.17. The molecule has 0 unspecified atom stereocenters. The summed E-state index contributed by atoms with van der Waals surface area (Å²) >= 11 is 0. The van der Waals surface area contributed by atoms with Crippen LogP contribution in [0.15, 0.2) is 42.9 Å². The molecule has 92 valence electrons. The van der Waals surface area contributed by atoms with Gasteiger partial charge in [-0.05, 0) is 12.0 Å². The molecule has 1 aromatic rings. The molecule has 0 amide bonds. The molecule has 0 saturated heterocycles. The van der Waals surface area contributed by atoms with Crippen molar-refractivity contribution >= 4 is 0 Å². The normalized spacial score (nSPS) is 16.5. The molecule has 0 fully saturated rings. The Labute approximate surface area is 103 Å². The van der Waals surface area contributed by atoms with E-state index in [1.54, 1.807) is 12.5 Å². The van der Waals surface area contributed by atoms with Gasteiger partial charge in [0.2, 0.25) is 0 Å². The van der Waals surface area contributed by atoms with E-state index in [0.29, 0.717) is 0 Å². The molecule has 0 aromatic heterocycles. The summed E-state index contributed by atoms with van der Waals surface area (Å²) in [7, 11) is 0. The van der Waals surface area contributed by atoms with Gasteiger partial charge in [0.15, 0.2) is 0 Å². The number of rotatable bonds is 6. The maximum absolute atomic E-state index is 5.69. The third-order valence-corrected chi connectivity index (χ3v) is 3.10. The van der Waals surface area contributed by atoms with Crippen molar-refractivity contribution in [2.24, 2.45) is 0 Å². The van der Waals surface area contributed by atoms with Crippen LogP contribution in [0.4, 0.5) is 0 Å². The number of hydrogen-bond donors (Lipinski definition) is 0. The lowest BCUT2D eigenvalue weighted by molar-refractivity contribution is -0.146. The Balaban J connectivity index is 1.97. The molecule has 0 radical (unpaired) electrons. The van der Waals surface area contributed by atoms with Gasteiger partial charge in [0.1, 0.15) is 12.5 Å². The maximum atomic E-state index is 5.69. The standard InChI is InChI=1S/C15H20O2/c1-2-3-7-10-15(16-11-12-17-15)13-14-8-5-4-6-9-14/h4-6,8-9,11-12H,2-3,7,10,13H2,1H3. The van der Waals surface area contributed by atoms with Crippen molar-refractivity contribution in [2.75, 3.05) is 0 Å². The summed E-state index contributed by atoms with van der Waals surface area (Å²) < 4.78 is 11.4. The molecular formula is C15H20O2. The molecule has 0 aliphatic carbocycles. The van der Waals surface area contributed by atoms with Gasteiger partial charge in [-0.25, -0.2) is 0 Å². The fourth-order valence-corrected chi connectivity index (χ4v) is 2.17. The number of ether oxygens (including phenoxy) is 2. The van der Waals surface area contributed by atoms with Gasteiger partial charge in [0.05, 0.1) is 0 Å². The number of unbranched alkanes of at least 4 members (excludes halogenated alkanes) is 2. The summed E-state index contributed by atoms with van der Waals surface area (Å²) in [5.74, 6) is -0.462. The highest BCUT2D eigenvalue weighted by atomic mass is 16.7. The molecule has 17 heavy (non-hydrogen) atoms. The minimum atomic E-state index is -0.462. The summed E-state index contributed by atoms with van der Waals surface area (Å²) in [4.78, 5) is 0. The van der Waals surface area contributed by atoms with Crippen molar-refractivity contribution in [1.29, 1.82) is 0 Å². The summed E-state index contributed by atoms with van der Waals surface area (Å²) in [5.41, 5.74) is 1.26. The van der Waals surface area contributed by atoms with Crippen molar-refractivity contribution in [3.63, 3.8) is 0 Å². The Morgan fingerprint density at radius 1 is 1.00 bits per heavy atom. The van der Waals surface area contributed by atoms with E-state index in [0.717, 1.165) is 19.3 Å². The molecule has 1 aliphatic heterocycles. The highest BCUT2D eigenvalue weighted by Crippen LogP contribution is 2.30. The average molecular weight is 232 g/mol. The zero-order valence-electron chi connectivity index (χ0n) is 10.4. The first-order chi connectivity index (χ1) is 8.35. The molecule has 0 N–H and O–H groups in total. The quantitative estimate of drug-likeness (QED) is 0.689. The zero-order valence-corrected chi connectivity index (χ0v) is 10.4. The van der Waals surface area contributed by atoms with Crippen molar-refractivity contribution < 1.29 is 9.47 Å². The van der Waals surface area contributed by atoms with Crippen LogP contribution in [0.5, 0.6) is 0 Å². The SMILES string of the molecule is CCCCCC1(Cc2ccccc2)OC=CO1. The Kier molecular flexibility index (Phi) is 4.08. The van der Waals surface area contributed by atoms with Gasteiger partial charge in [0, 0.05) is 12.8 Å². The van der Waals surface area contributed by atoms with E-state index >= 15 is 0 Å². The summed E-state index contributed by atoms with van der Waals surface area (Å²) in [6.45, 7) is 2.21. The molecule has 0 atom stereocenters. The topological polar surface area (TPSA) is 18.5 Å². The molecule has 2 heteroatoms. The van der Waals surface area contributed by atoms with Crippen LogP contribution < -0.4 is 0 Å². The second-order valence-corrected chi connectivity index (χ2v) is 4.54. The first-order valence-electron chi connectivity index (χ1n) is 6.39. The Bertz CT molecular complexity index is 348. The van der Waals surface area contributed by atoms with Gasteiger partial charge in [-0.2, -0.15) is 0 Å². The largest absolute Gasteiger partial charge is 0.456 e. The van der Waals surface area contributed by atoms with E-state index in [4.69, 9.17) is 9.47 Å². The lowest BCUT2D eigenvalue weighted by Gasteiger charge is -2.28. The Morgan fingerprint density at radius 2 is 1.71 bits per heavy atom. The highest BCUT2D eigenvalue weighted by Gasteiger charge is 2.35. The zero-order chi connectivity index (χ0) is 12.0. The van der Waals surface area contributed by atoms with Crippen LogP contribution in [0.2, 0.25) is 0 Å². The minimum absolute atomic E-state index is 0.462. The summed E-state index contributed by atoms with van der Waals surface area (Å²) in [5, 5.41) is 0. The fourth-order valence-electron chi connectivity index (χ4n) is 2.17. The average Bonchev–Trinajstić information content (AvgIpc) is 2.80. The summed E-state index contributed by atoms with van der Waals surface area (Å²) in [6.07, 6.45) is 8.67. The first kappa shape index (κ1) is 12.0. The van der Waals surface area contributed by atoms with Gasteiger partial charge in [-0.1, -0.05) is 50.1 Å². The number of hydrogen-bond acceptors (Lipinski definition) is 2. The van der Waals surface area contributed by atoms with Crippen molar-refractivity contribution in [3.05, 3.63) is 48.4 Å². The van der Waals surface area contributed by atoms with E-state index in [-0.39, 0.29) is 0 Å². The Hall–Kier alpha value is -1.44. The second kappa shape index (κ2) is 5.76. The van der Waals surface area contributed by atoms with Crippen molar-refractivity contribution in [1.82, 2.24) is 0 Å². The van der Waals surface area contributed by atoms with E-state index in [1.807, 2.05) is 6.07 Å². The van der Waals surface area contributed by atoms with Crippen LogP contribution in [0, 0.1) is 0 Å².